The summed E-state index contributed by atoms with van der Waals surface area (Å²) in [6.45, 7) is 2.70. The molecule has 1 atom stereocenters. The fraction of sp³-hybridized carbons (Fsp3) is 0.267. The van der Waals surface area contributed by atoms with Gasteiger partial charge in [-0.15, -0.1) is 0 Å². The van der Waals surface area contributed by atoms with Crippen LogP contribution in [0.2, 0.25) is 10.0 Å². The maximum Gasteiger partial charge on any atom is 0.373 e. The van der Waals surface area contributed by atoms with Gasteiger partial charge < -0.3 is 14.5 Å². The first kappa shape index (κ1) is 15.9. The summed E-state index contributed by atoms with van der Waals surface area (Å²) in [6, 6.07) is 8.47. The third-order valence-electron chi connectivity index (χ3n) is 2.98. The van der Waals surface area contributed by atoms with Gasteiger partial charge in [0.05, 0.1) is 23.2 Å². The Balaban J connectivity index is 2.36. The highest BCUT2D eigenvalue weighted by atomic mass is 35.5. The second-order valence-corrected chi connectivity index (χ2v) is 5.17. The molecule has 21 heavy (non-hydrogen) atoms. The number of carbonyl (C=O) groups is 1. The van der Waals surface area contributed by atoms with Crippen LogP contribution in [0.3, 0.4) is 0 Å². The Morgan fingerprint density at radius 2 is 2.05 bits per heavy atom. The Labute approximate surface area is 133 Å². The predicted molar refractivity (Wildman–Crippen MR) is 82.0 cm³/mol. The quantitative estimate of drug-likeness (QED) is 0.841. The average Bonchev–Trinajstić information content (AvgIpc) is 2.96. The van der Waals surface area contributed by atoms with E-state index in [-0.39, 0.29) is 11.8 Å². The van der Waals surface area contributed by atoms with E-state index in [0.29, 0.717) is 15.8 Å². The number of methoxy groups -OCH3 is 1. The molecule has 2 aromatic rings. The molecule has 0 aliphatic carbocycles. The molecule has 1 heterocycles. The summed E-state index contributed by atoms with van der Waals surface area (Å²) < 4.78 is 10.2. The Morgan fingerprint density at radius 1 is 1.29 bits per heavy atom. The van der Waals surface area contributed by atoms with Crippen LogP contribution >= 0.6 is 23.2 Å². The summed E-state index contributed by atoms with van der Waals surface area (Å²) in [6.07, 6.45) is 0. The van der Waals surface area contributed by atoms with Crippen LogP contribution in [0.5, 0.6) is 0 Å². The fourth-order valence-corrected chi connectivity index (χ4v) is 2.30. The number of esters is 1. The lowest BCUT2D eigenvalue weighted by Crippen LogP contribution is -2.21. The number of furan rings is 1. The van der Waals surface area contributed by atoms with Gasteiger partial charge in [0.2, 0.25) is 5.76 Å². The van der Waals surface area contributed by atoms with Crippen molar-refractivity contribution < 1.29 is 13.9 Å². The summed E-state index contributed by atoms with van der Waals surface area (Å²) >= 11 is 12.0. The number of benzene rings is 1. The first-order valence-electron chi connectivity index (χ1n) is 6.43. The Bertz CT molecular complexity index is 640. The lowest BCUT2D eigenvalue weighted by atomic mass is 10.0. The zero-order chi connectivity index (χ0) is 15.4. The van der Waals surface area contributed by atoms with E-state index in [1.165, 1.54) is 7.11 Å². The normalized spacial score (nSPS) is 12.2. The Morgan fingerprint density at radius 3 is 2.67 bits per heavy atom. The molecule has 0 saturated carbocycles. The van der Waals surface area contributed by atoms with E-state index in [1.54, 1.807) is 24.3 Å². The van der Waals surface area contributed by atoms with Crippen molar-refractivity contribution in [1.29, 1.82) is 0 Å². The van der Waals surface area contributed by atoms with E-state index in [2.05, 4.69) is 10.1 Å². The molecular formula is C15H15Cl2NO3. The Kier molecular flexibility index (Phi) is 5.28. The summed E-state index contributed by atoms with van der Waals surface area (Å²) in [5.41, 5.74) is 0.900. The summed E-state index contributed by atoms with van der Waals surface area (Å²) in [5, 5.41) is 4.24. The van der Waals surface area contributed by atoms with Crippen molar-refractivity contribution in [1.82, 2.24) is 5.32 Å². The number of carbonyl (C=O) groups excluding carboxylic acids is 1. The topological polar surface area (TPSA) is 51.5 Å². The van der Waals surface area contributed by atoms with E-state index in [4.69, 9.17) is 27.6 Å². The molecule has 1 aromatic heterocycles. The molecule has 0 fully saturated rings. The maximum absolute atomic E-state index is 11.5. The second kappa shape index (κ2) is 6.98. The molecule has 0 amide bonds. The predicted octanol–water partition coefficient (Wildman–Crippen LogP) is 4.07. The average molecular weight is 328 g/mol. The maximum atomic E-state index is 11.5. The van der Waals surface area contributed by atoms with Gasteiger partial charge in [-0.2, -0.15) is 0 Å². The van der Waals surface area contributed by atoms with Crippen molar-refractivity contribution in [2.75, 3.05) is 13.7 Å². The highest BCUT2D eigenvalue weighted by Gasteiger charge is 2.20. The minimum Gasteiger partial charge on any atom is -0.463 e. The highest BCUT2D eigenvalue weighted by molar-refractivity contribution is 6.42. The third kappa shape index (κ3) is 3.59. The lowest BCUT2D eigenvalue weighted by molar-refractivity contribution is 0.0562. The fourth-order valence-electron chi connectivity index (χ4n) is 2.00. The monoisotopic (exact) mass is 327 g/mol. The van der Waals surface area contributed by atoms with Gasteiger partial charge in [0.25, 0.3) is 0 Å². The zero-order valence-electron chi connectivity index (χ0n) is 11.7. The second-order valence-electron chi connectivity index (χ2n) is 4.36. The molecule has 0 saturated heterocycles. The third-order valence-corrected chi connectivity index (χ3v) is 3.72. The number of halogens is 2. The number of rotatable bonds is 5. The molecule has 112 valence electrons. The molecule has 4 nitrogen and oxygen atoms in total. The number of ether oxygens (including phenoxy) is 1. The highest BCUT2D eigenvalue weighted by Crippen LogP contribution is 2.29. The molecule has 0 bridgehead atoms. The van der Waals surface area contributed by atoms with Gasteiger partial charge >= 0.3 is 5.97 Å². The van der Waals surface area contributed by atoms with Crippen LogP contribution in [0.1, 0.15) is 34.8 Å². The van der Waals surface area contributed by atoms with Gasteiger partial charge in [-0.1, -0.05) is 36.2 Å². The number of hydrogen-bond donors (Lipinski definition) is 1. The zero-order valence-corrected chi connectivity index (χ0v) is 13.2. The molecule has 0 radical (unpaired) electrons. The van der Waals surface area contributed by atoms with Crippen LogP contribution in [0.4, 0.5) is 0 Å². The smallest absolute Gasteiger partial charge is 0.373 e. The van der Waals surface area contributed by atoms with Crippen molar-refractivity contribution in [2.45, 2.75) is 13.0 Å². The van der Waals surface area contributed by atoms with Crippen LogP contribution in [0.15, 0.2) is 34.7 Å². The van der Waals surface area contributed by atoms with Gasteiger partial charge in [-0.25, -0.2) is 4.79 Å². The molecule has 0 aliphatic heterocycles. The largest absolute Gasteiger partial charge is 0.463 e. The van der Waals surface area contributed by atoms with Gasteiger partial charge in [0.1, 0.15) is 5.76 Å². The molecule has 1 aromatic carbocycles. The summed E-state index contributed by atoms with van der Waals surface area (Å²) in [4.78, 5) is 11.5. The SMILES string of the molecule is CCNC(c1ccc(Cl)c(Cl)c1)c1ccc(C(=O)OC)o1. The number of hydrogen-bond acceptors (Lipinski definition) is 4. The van der Waals surface area contributed by atoms with Crippen LogP contribution in [-0.2, 0) is 4.74 Å². The molecule has 0 aliphatic rings. The van der Waals surface area contributed by atoms with Crippen LogP contribution in [0, 0.1) is 0 Å². The molecular weight excluding hydrogens is 313 g/mol. The minimum absolute atomic E-state index is 0.162. The van der Waals surface area contributed by atoms with Gasteiger partial charge in [-0.3, -0.25) is 0 Å². The molecule has 1 unspecified atom stereocenters. The summed E-state index contributed by atoms with van der Waals surface area (Å²) in [7, 11) is 1.31. The van der Waals surface area contributed by atoms with Crippen molar-refractivity contribution in [3.8, 4) is 0 Å². The first-order valence-corrected chi connectivity index (χ1v) is 7.18. The van der Waals surface area contributed by atoms with Gasteiger partial charge in [0.15, 0.2) is 0 Å². The summed E-state index contributed by atoms with van der Waals surface area (Å²) in [5.74, 6) is 0.261. The van der Waals surface area contributed by atoms with E-state index in [1.807, 2.05) is 13.0 Å². The van der Waals surface area contributed by atoms with Crippen molar-refractivity contribution in [3.63, 3.8) is 0 Å². The van der Waals surface area contributed by atoms with Crippen LogP contribution < -0.4 is 5.32 Å². The molecule has 1 N–H and O–H groups in total. The lowest BCUT2D eigenvalue weighted by Gasteiger charge is -2.16. The Hall–Kier alpha value is -1.49. The minimum atomic E-state index is -0.509. The van der Waals surface area contributed by atoms with Gasteiger partial charge in [0, 0.05) is 0 Å². The van der Waals surface area contributed by atoms with Gasteiger partial charge in [-0.05, 0) is 36.4 Å². The van der Waals surface area contributed by atoms with E-state index in [0.717, 1.165) is 12.1 Å². The van der Waals surface area contributed by atoms with Crippen molar-refractivity contribution in [2.24, 2.45) is 0 Å². The van der Waals surface area contributed by atoms with E-state index in [9.17, 15) is 4.79 Å². The molecule has 2 rings (SSSR count). The molecule has 0 spiro atoms. The van der Waals surface area contributed by atoms with Crippen molar-refractivity contribution in [3.05, 3.63) is 57.5 Å². The first-order chi connectivity index (χ1) is 10.1. The van der Waals surface area contributed by atoms with E-state index < -0.39 is 5.97 Å². The standard InChI is InChI=1S/C15H15Cl2NO3/c1-3-18-14(9-4-5-10(16)11(17)8-9)12-6-7-13(21-12)15(19)20-2/h4-8,14,18H,3H2,1-2H3. The van der Waals surface area contributed by atoms with Crippen molar-refractivity contribution >= 4 is 29.2 Å². The van der Waals surface area contributed by atoms with E-state index >= 15 is 0 Å². The van der Waals surface area contributed by atoms with Crippen LogP contribution in [-0.4, -0.2) is 19.6 Å². The molecule has 6 heteroatoms. The van der Waals surface area contributed by atoms with Crippen LogP contribution in [0.25, 0.3) is 0 Å². The number of nitrogens with one attached hydrogen (secondary N) is 1.